The van der Waals surface area contributed by atoms with Crippen molar-refractivity contribution in [1.82, 2.24) is 5.43 Å². The summed E-state index contributed by atoms with van der Waals surface area (Å²) in [6.07, 6.45) is 1.55. The Labute approximate surface area is 214 Å². The van der Waals surface area contributed by atoms with E-state index < -0.39 is 0 Å². The summed E-state index contributed by atoms with van der Waals surface area (Å²) in [4.78, 5) is 12.0. The van der Waals surface area contributed by atoms with Gasteiger partial charge in [-0.2, -0.15) is 5.10 Å². The molecule has 0 saturated carbocycles. The maximum atomic E-state index is 12.0. The summed E-state index contributed by atoms with van der Waals surface area (Å²) in [6, 6.07) is 18.7. The second-order valence-corrected chi connectivity index (χ2v) is 9.04. The van der Waals surface area contributed by atoms with E-state index in [-0.39, 0.29) is 12.5 Å². The van der Waals surface area contributed by atoms with Crippen LogP contribution >= 0.6 is 43.5 Å². The lowest BCUT2D eigenvalue weighted by atomic mass is 10.2. The minimum Gasteiger partial charge on any atom is -0.490 e. The predicted molar refractivity (Wildman–Crippen MR) is 139 cm³/mol. The van der Waals surface area contributed by atoms with Gasteiger partial charge in [-0.05, 0) is 82.5 Å². The number of carbonyl (C=O) groups excluding carboxylic acids is 1. The van der Waals surface area contributed by atoms with Gasteiger partial charge >= 0.3 is 0 Å². The molecular formula is C24H22Br2ClN3O3. The number of benzene rings is 3. The fourth-order valence-corrected chi connectivity index (χ4v) is 3.73. The monoisotopic (exact) mass is 593 g/mol. The van der Waals surface area contributed by atoms with Crippen molar-refractivity contribution >= 4 is 61.3 Å². The van der Waals surface area contributed by atoms with Gasteiger partial charge in [-0.25, -0.2) is 5.43 Å². The van der Waals surface area contributed by atoms with E-state index in [1.165, 1.54) is 0 Å². The normalized spacial score (nSPS) is 10.8. The molecule has 0 aromatic heterocycles. The van der Waals surface area contributed by atoms with Crippen molar-refractivity contribution in [3.63, 3.8) is 0 Å². The number of rotatable bonds is 10. The van der Waals surface area contributed by atoms with Gasteiger partial charge in [0.1, 0.15) is 6.61 Å². The second-order valence-electron chi connectivity index (χ2n) is 6.83. The standard InChI is InChI=1S/C24H22Br2ClN3O3/c1-2-32-22-12-17(11-21(26)24(22)33-15-16-3-7-19(27)8-4-16)13-29-30-23(31)14-28-20-9-5-18(25)6-10-20/h3-13,28H,2,14-15H2,1H3,(H,30,31)/b29-13-. The molecule has 0 heterocycles. The van der Waals surface area contributed by atoms with Crippen LogP contribution in [0.2, 0.25) is 5.02 Å². The fourth-order valence-electron chi connectivity index (χ4n) is 2.77. The van der Waals surface area contributed by atoms with E-state index in [2.05, 4.69) is 47.7 Å². The van der Waals surface area contributed by atoms with E-state index in [0.29, 0.717) is 34.2 Å². The molecular weight excluding hydrogens is 574 g/mol. The van der Waals surface area contributed by atoms with Gasteiger partial charge in [0.2, 0.25) is 0 Å². The first kappa shape index (κ1) is 25.1. The van der Waals surface area contributed by atoms with Crippen molar-refractivity contribution in [3.05, 3.63) is 85.8 Å². The summed E-state index contributed by atoms with van der Waals surface area (Å²) in [5, 5.41) is 7.75. The highest BCUT2D eigenvalue weighted by molar-refractivity contribution is 9.10. The summed E-state index contributed by atoms with van der Waals surface area (Å²) in [7, 11) is 0. The highest BCUT2D eigenvalue weighted by Crippen LogP contribution is 2.37. The summed E-state index contributed by atoms with van der Waals surface area (Å²) < 4.78 is 13.4. The largest absolute Gasteiger partial charge is 0.490 e. The van der Waals surface area contributed by atoms with E-state index in [1.54, 1.807) is 12.3 Å². The second kappa shape index (κ2) is 12.6. The van der Waals surface area contributed by atoms with Gasteiger partial charge in [-0.15, -0.1) is 0 Å². The molecule has 0 unspecified atom stereocenters. The molecule has 9 heteroatoms. The first-order valence-corrected chi connectivity index (χ1v) is 12.1. The average molecular weight is 596 g/mol. The lowest BCUT2D eigenvalue weighted by Crippen LogP contribution is -2.25. The predicted octanol–water partition coefficient (Wildman–Crippen LogP) is 6.40. The van der Waals surface area contributed by atoms with Crippen LogP contribution in [0.4, 0.5) is 5.69 Å². The van der Waals surface area contributed by atoms with Crippen LogP contribution in [0.3, 0.4) is 0 Å². The molecule has 0 spiro atoms. The third-order valence-corrected chi connectivity index (χ3v) is 5.70. The van der Waals surface area contributed by atoms with Gasteiger partial charge in [-0.3, -0.25) is 4.79 Å². The molecule has 0 atom stereocenters. The summed E-state index contributed by atoms with van der Waals surface area (Å²) >= 11 is 12.9. The van der Waals surface area contributed by atoms with Gasteiger partial charge in [0.15, 0.2) is 11.5 Å². The van der Waals surface area contributed by atoms with Crippen molar-refractivity contribution in [3.8, 4) is 11.5 Å². The molecule has 0 aliphatic rings. The Hall–Kier alpha value is -2.55. The molecule has 6 nitrogen and oxygen atoms in total. The highest BCUT2D eigenvalue weighted by Gasteiger charge is 2.12. The van der Waals surface area contributed by atoms with Crippen LogP contribution < -0.4 is 20.2 Å². The van der Waals surface area contributed by atoms with Crippen molar-refractivity contribution in [2.45, 2.75) is 13.5 Å². The van der Waals surface area contributed by atoms with Gasteiger partial charge in [0.05, 0.1) is 23.8 Å². The van der Waals surface area contributed by atoms with Crippen LogP contribution in [0.25, 0.3) is 0 Å². The molecule has 0 aliphatic heterocycles. The molecule has 2 N–H and O–H groups in total. The van der Waals surface area contributed by atoms with Crippen LogP contribution in [0.5, 0.6) is 11.5 Å². The number of hydrogen-bond donors (Lipinski definition) is 2. The number of hydrogen-bond acceptors (Lipinski definition) is 5. The Kier molecular flexibility index (Phi) is 9.60. The minimum absolute atomic E-state index is 0.102. The van der Waals surface area contributed by atoms with E-state index in [4.69, 9.17) is 21.1 Å². The number of nitrogens with one attached hydrogen (secondary N) is 2. The molecule has 1 amide bonds. The molecule has 3 aromatic carbocycles. The molecule has 0 bridgehead atoms. The van der Waals surface area contributed by atoms with Crippen molar-refractivity contribution in [1.29, 1.82) is 0 Å². The van der Waals surface area contributed by atoms with E-state index in [1.807, 2.05) is 61.5 Å². The maximum Gasteiger partial charge on any atom is 0.259 e. The van der Waals surface area contributed by atoms with E-state index >= 15 is 0 Å². The fraction of sp³-hybridized carbons (Fsp3) is 0.167. The quantitative estimate of drug-likeness (QED) is 0.210. The van der Waals surface area contributed by atoms with Crippen LogP contribution in [0.15, 0.2) is 74.7 Å². The Balaban J connectivity index is 1.60. The van der Waals surface area contributed by atoms with E-state index in [0.717, 1.165) is 21.3 Å². The third-order valence-electron chi connectivity index (χ3n) is 4.33. The Morgan fingerprint density at radius 3 is 2.48 bits per heavy atom. The molecule has 0 aliphatic carbocycles. The first-order valence-electron chi connectivity index (χ1n) is 10.1. The average Bonchev–Trinajstić information content (AvgIpc) is 2.79. The Morgan fingerprint density at radius 1 is 1.06 bits per heavy atom. The Bertz CT molecular complexity index is 1110. The third kappa shape index (κ3) is 8.07. The van der Waals surface area contributed by atoms with E-state index in [9.17, 15) is 4.79 Å². The van der Waals surface area contributed by atoms with Crippen molar-refractivity contribution in [2.24, 2.45) is 5.10 Å². The number of hydrazone groups is 1. The zero-order valence-electron chi connectivity index (χ0n) is 17.8. The highest BCUT2D eigenvalue weighted by atomic mass is 79.9. The summed E-state index contributed by atoms with van der Waals surface area (Å²) in [5.74, 6) is 0.901. The molecule has 0 saturated heterocycles. The molecule has 0 radical (unpaired) electrons. The van der Waals surface area contributed by atoms with Crippen LogP contribution in [-0.4, -0.2) is 25.3 Å². The van der Waals surface area contributed by atoms with Crippen LogP contribution in [-0.2, 0) is 11.4 Å². The Morgan fingerprint density at radius 2 is 1.79 bits per heavy atom. The molecule has 172 valence electrons. The first-order chi connectivity index (χ1) is 15.9. The number of anilines is 1. The summed E-state index contributed by atoms with van der Waals surface area (Å²) in [6.45, 7) is 2.84. The topological polar surface area (TPSA) is 72.0 Å². The van der Waals surface area contributed by atoms with Gasteiger partial charge < -0.3 is 14.8 Å². The summed E-state index contributed by atoms with van der Waals surface area (Å²) in [5.41, 5.74) is 5.08. The van der Waals surface area contributed by atoms with Crippen molar-refractivity contribution in [2.75, 3.05) is 18.5 Å². The number of amides is 1. The molecule has 3 aromatic rings. The van der Waals surface area contributed by atoms with Crippen LogP contribution in [0.1, 0.15) is 18.1 Å². The number of carbonyl (C=O) groups is 1. The molecule has 0 fully saturated rings. The zero-order chi connectivity index (χ0) is 23.6. The lowest BCUT2D eigenvalue weighted by molar-refractivity contribution is -0.119. The number of ether oxygens (including phenoxy) is 2. The smallest absolute Gasteiger partial charge is 0.259 e. The molecule has 3 rings (SSSR count). The minimum atomic E-state index is -0.263. The maximum absolute atomic E-state index is 12.0. The van der Waals surface area contributed by atoms with Gasteiger partial charge in [-0.1, -0.05) is 39.7 Å². The van der Waals surface area contributed by atoms with Gasteiger partial charge in [0, 0.05) is 15.2 Å². The zero-order valence-corrected chi connectivity index (χ0v) is 21.7. The SMILES string of the molecule is CCOc1cc(/C=N\NC(=O)CNc2ccc(Br)cc2)cc(Br)c1OCc1ccc(Cl)cc1. The number of halogens is 3. The molecule has 33 heavy (non-hydrogen) atoms. The number of nitrogens with zero attached hydrogens (tertiary/aromatic N) is 1. The van der Waals surface area contributed by atoms with Crippen LogP contribution in [0, 0.1) is 0 Å². The lowest BCUT2D eigenvalue weighted by Gasteiger charge is -2.14. The van der Waals surface area contributed by atoms with Crippen molar-refractivity contribution < 1.29 is 14.3 Å². The van der Waals surface area contributed by atoms with Gasteiger partial charge in [0.25, 0.3) is 5.91 Å².